The van der Waals surface area contributed by atoms with Gasteiger partial charge in [0, 0.05) is 16.9 Å². The number of ether oxygens (including phenoxy) is 3. The lowest BCUT2D eigenvalue weighted by Gasteiger charge is -2.47. The number of esters is 1. The van der Waals surface area contributed by atoms with E-state index in [2.05, 4.69) is 52.4 Å². The van der Waals surface area contributed by atoms with E-state index in [0.717, 1.165) is 17.8 Å². The van der Waals surface area contributed by atoms with Gasteiger partial charge in [-0.1, -0.05) is 34.6 Å². The number of carbonyl (C=O) groups is 1. The molecule has 1 aromatic heterocycles. The van der Waals surface area contributed by atoms with Crippen LogP contribution in [0.3, 0.4) is 0 Å². The van der Waals surface area contributed by atoms with Crippen LogP contribution in [0.4, 0.5) is 13.2 Å². The molecule has 230 valence electrons. The van der Waals surface area contributed by atoms with Crippen molar-refractivity contribution in [2.45, 2.75) is 116 Å². The molecule has 4 atom stereocenters. The number of alkyl halides is 3. The molecule has 0 saturated heterocycles. The van der Waals surface area contributed by atoms with Crippen LogP contribution in [0, 0.1) is 5.92 Å². The fraction of sp³-hybridized carbons (Fsp3) is 0.667. The zero-order valence-electron chi connectivity index (χ0n) is 25.3. The van der Waals surface area contributed by atoms with Crippen LogP contribution in [0.1, 0.15) is 78.2 Å². The zero-order chi connectivity index (χ0) is 30.6. The molecule has 11 heteroatoms. The summed E-state index contributed by atoms with van der Waals surface area (Å²) in [6, 6.07) is 5.68. The van der Waals surface area contributed by atoms with Crippen LogP contribution in [0.2, 0.25) is 18.1 Å². The number of aromatic nitrogens is 1. The van der Waals surface area contributed by atoms with E-state index in [1.807, 2.05) is 5.38 Å². The van der Waals surface area contributed by atoms with Gasteiger partial charge < -0.3 is 18.6 Å². The third-order valence-electron chi connectivity index (χ3n) is 8.18. The molecule has 1 fully saturated rings. The van der Waals surface area contributed by atoms with Gasteiger partial charge in [-0.15, -0.1) is 24.5 Å². The SMILES string of the molecule is CCOC(=O)[C@H]1C[C@@H](OC(CC)CC)[C@@H](O[Si](C)(C)C(C)(C)C)[C@H](c2nc(-c3ccc(OC(F)(F)F)cc3)cs2)C1. The molecule has 0 amide bonds. The first-order chi connectivity index (χ1) is 19.1. The summed E-state index contributed by atoms with van der Waals surface area (Å²) in [5.41, 5.74) is 1.32. The van der Waals surface area contributed by atoms with E-state index in [0.29, 0.717) is 30.7 Å². The van der Waals surface area contributed by atoms with Gasteiger partial charge >= 0.3 is 12.3 Å². The predicted molar refractivity (Wildman–Crippen MR) is 158 cm³/mol. The topological polar surface area (TPSA) is 66.9 Å². The Balaban J connectivity index is 2.01. The highest BCUT2D eigenvalue weighted by Crippen LogP contribution is 2.46. The van der Waals surface area contributed by atoms with E-state index < -0.39 is 14.7 Å². The lowest BCUT2D eigenvalue weighted by Crippen LogP contribution is -2.53. The molecule has 1 aliphatic carbocycles. The van der Waals surface area contributed by atoms with E-state index in [1.165, 1.54) is 23.5 Å². The molecule has 0 unspecified atom stereocenters. The number of nitrogens with zero attached hydrogens (tertiary/aromatic N) is 1. The maximum Gasteiger partial charge on any atom is 0.573 e. The second kappa shape index (κ2) is 13.6. The summed E-state index contributed by atoms with van der Waals surface area (Å²) in [5.74, 6) is -1.09. The molecule has 0 bridgehead atoms. The minimum atomic E-state index is -4.75. The van der Waals surface area contributed by atoms with Crippen molar-refractivity contribution in [3.05, 3.63) is 34.7 Å². The van der Waals surface area contributed by atoms with Crippen LogP contribution in [0.25, 0.3) is 11.3 Å². The van der Waals surface area contributed by atoms with E-state index in [-0.39, 0.29) is 46.9 Å². The van der Waals surface area contributed by atoms with Gasteiger partial charge in [0.25, 0.3) is 0 Å². The molecule has 0 aliphatic heterocycles. The molecule has 3 rings (SSSR count). The Morgan fingerprint density at radius 2 is 1.71 bits per heavy atom. The lowest BCUT2D eigenvalue weighted by molar-refractivity contribution is -0.274. The maximum atomic E-state index is 13.0. The Morgan fingerprint density at radius 1 is 1.07 bits per heavy atom. The van der Waals surface area contributed by atoms with Crippen molar-refractivity contribution in [2.24, 2.45) is 5.92 Å². The van der Waals surface area contributed by atoms with Gasteiger partial charge in [-0.2, -0.15) is 0 Å². The Kier molecular flexibility index (Phi) is 11.1. The smallest absolute Gasteiger partial charge is 0.466 e. The first kappa shape index (κ1) is 33.5. The monoisotopic (exact) mass is 615 g/mol. The standard InChI is InChI=1S/C30H44F3NO5SSi/c1-9-21(10-2)37-25-17-20(28(35)36-11-3)16-23(26(25)39-41(7,8)29(4,5)6)27-34-24(18-40-27)19-12-14-22(15-13-19)38-30(31,32)33/h12-15,18,20-21,23,25-26H,9-11,16-17H2,1-8H3/t20-,23-,25-,26+/m1/s1. The first-order valence-electron chi connectivity index (χ1n) is 14.4. The fourth-order valence-electron chi connectivity index (χ4n) is 4.86. The number of benzene rings is 1. The van der Waals surface area contributed by atoms with Crippen LogP contribution in [0.5, 0.6) is 5.75 Å². The summed E-state index contributed by atoms with van der Waals surface area (Å²) < 4.78 is 61.0. The van der Waals surface area contributed by atoms with Gasteiger partial charge in [0.1, 0.15) is 5.75 Å². The molecular formula is C30H44F3NO5SSi. The number of thiazole rings is 1. The van der Waals surface area contributed by atoms with Crippen LogP contribution >= 0.6 is 11.3 Å². The van der Waals surface area contributed by atoms with E-state index in [1.54, 1.807) is 19.1 Å². The largest absolute Gasteiger partial charge is 0.573 e. The van der Waals surface area contributed by atoms with Crippen molar-refractivity contribution in [1.29, 1.82) is 0 Å². The third kappa shape index (κ3) is 8.78. The Bertz CT molecular complexity index is 1130. The van der Waals surface area contributed by atoms with Gasteiger partial charge in [-0.05, 0) is 75.0 Å². The normalized spacial score (nSPS) is 22.1. The summed E-state index contributed by atoms with van der Waals surface area (Å²) in [6.07, 6.45) is -2.59. The molecule has 1 heterocycles. The molecule has 1 aliphatic rings. The van der Waals surface area contributed by atoms with Crippen molar-refractivity contribution in [3.63, 3.8) is 0 Å². The van der Waals surface area contributed by atoms with E-state index in [4.69, 9.17) is 18.9 Å². The van der Waals surface area contributed by atoms with Crippen molar-refractivity contribution < 1.29 is 36.6 Å². The summed E-state index contributed by atoms with van der Waals surface area (Å²) >= 11 is 1.47. The molecule has 0 radical (unpaired) electrons. The second-order valence-electron chi connectivity index (χ2n) is 12.1. The average molecular weight is 616 g/mol. The molecule has 1 aromatic carbocycles. The Morgan fingerprint density at radius 3 is 2.24 bits per heavy atom. The van der Waals surface area contributed by atoms with Crippen LogP contribution in [-0.2, 0) is 18.7 Å². The average Bonchev–Trinajstić information content (AvgIpc) is 3.37. The Labute approximate surface area is 247 Å². The van der Waals surface area contributed by atoms with Crippen LogP contribution in [-0.4, -0.2) is 50.6 Å². The second-order valence-corrected chi connectivity index (χ2v) is 17.8. The number of hydrogen-bond acceptors (Lipinski definition) is 7. The molecule has 6 nitrogen and oxygen atoms in total. The summed E-state index contributed by atoms with van der Waals surface area (Å²) in [7, 11) is -2.25. The van der Waals surface area contributed by atoms with Gasteiger partial charge in [0.15, 0.2) is 8.32 Å². The molecular weight excluding hydrogens is 571 g/mol. The van der Waals surface area contributed by atoms with Crippen molar-refractivity contribution >= 4 is 25.6 Å². The summed E-state index contributed by atoms with van der Waals surface area (Å²) in [4.78, 5) is 18.0. The number of carbonyl (C=O) groups excluding carboxylic acids is 1. The van der Waals surface area contributed by atoms with Gasteiger partial charge in [-0.25, -0.2) is 4.98 Å². The first-order valence-corrected chi connectivity index (χ1v) is 18.2. The Hall–Kier alpha value is -1.95. The van der Waals surface area contributed by atoms with Gasteiger partial charge in [-0.3, -0.25) is 4.79 Å². The molecule has 41 heavy (non-hydrogen) atoms. The lowest BCUT2D eigenvalue weighted by atomic mass is 9.77. The van der Waals surface area contributed by atoms with Crippen LogP contribution in [0.15, 0.2) is 29.6 Å². The van der Waals surface area contributed by atoms with Gasteiger partial charge in [0.05, 0.1) is 41.5 Å². The summed E-state index contributed by atoms with van der Waals surface area (Å²) in [5, 5.41) is 2.67. The third-order valence-corrected chi connectivity index (χ3v) is 13.6. The number of rotatable bonds is 11. The highest BCUT2D eigenvalue weighted by molar-refractivity contribution is 7.10. The summed E-state index contributed by atoms with van der Waals surface area (Å²) in [6.45, 7) is 17.3. The number of hydrogen-bond donors (Lipinski definition) is 0. The highest BCUT2D eigenvalue weighted by Gasteiger charge is 2.49. The zero-order valence-corrected chi connectivity index (χ0v) is 27.2. The molecule has 2 aromatic rings. The van der Waals surface area contributed by atoms with E-state index in [9.17, 15) is 18.0 Å². The molecule has 1 saturated carbocycles. The number of halogens is 3. The predicted octanol–water partition coefficient (Wildman–Crippen LogP) is 8.73. The van der Waals surface area contributed by atoms with Gasteiger partial charge in [0.2, 0.25) is 0 Å². The highest BCUT2D eigenvalue weighted by atomic mass is 32.1. The van der Waals surface area contributed by atoms with Crippen molar-refractivity contribution in [3.8, 4) is 17.0 Å². The maximum absolute atomic E-state index is 13.0. The molecule has 0 N–H and O–H groups in total. The van der Waals surface area contributed by atoms with Crippen molar-refractivity contribution in [1.82, 2.24) is 4.98 Å². The molecule has 0 spiro atoms. The minimum Gasteiger partial charge on any atom is -0.466 e. The fourth-order valence-corrected chi connectivity index (χ4v) is 7.19. The quantitative estimate of drug-likeness (QED) is 0.186. The van der Waals surface area contributed by atoms with Crippen molar-refractivity contribution in [2.75, 3.05) is 6.61 Å². The van der Waals surface area contributed by atoms with E-state index >= 15 is 0 Å². The minimum absolute atomic E-state index is 0.0383. The van der Waals surface area contributed by atoms with Crippen LogP contribution < -0.4 is 4.74 Å².